The van der Waals surface area contributed by atoms with Crippen LogP contribution in [0.3, 0.4) is 0 Å². The summed E-state index contributed by atoms with van der Waals surface area (Å²) in [6.45, 7) is 1.85. The summed E-state index contributed by atoms with van der Waals surface area (Å²) in [5.41, 5.74) is 2.60. The highest BCUT2D eigenvalue weighted by Crippen LogP contribution is 2.21. The predicted octanol–water partition coefficient (Wildman–Crippen LogP) is 2.45. The third-order valence-corrected chi connectivity index (χ3v) is 5.99. The maximum absolute atomic E-state index is 12.3. The van der Waals surface area contributed by atoms with Crippen LogP contribution in [0.1, 0.15) is 34.3 Å². The van der Waals surface area contributed by atoms with Gasteiger partial charge in [0.2, 0.25) is 15.9 Å². The third kappa shape index (κ3) is 5.52. The molecule has 1 aliphatic carbocycles. The fraction of sp³-hybridized carbons (Fsp3) is 0.238. The van der Waals surface area contributed by atoms with Crippen LogP contribution in [0.15, 0.2) is 53.4 Å². The third-order valence-electron chi connectivity index (χ3n) is 4.56. The first-order valence-corrected chi connectivity index (χ1v) is 10.7. The molecule has 152 valence electrons. The quantitative estimate of drug-likeness (QED) is 0.607. The molecule has 3 rings (SSSR count). The number of carbonyl (C=O) groups excluding carboxylic acids is 2. The minimum absolute atomic E-state index is 0.143. The molecule has 0 unspecified atom stereocenters. The fourth-order valence-electron chi connectivity index (χ4n) is 2.62. The Labute approximate surface area is 170 Å². The Morgan fingerprint density at radius 1 is 1.07 bits per heavy atom. The number of nitrogens with one attached hydrogen (secondary N) is 3. The Morgan fingerprint density at radius 2 is 1.76 bits per heavy atom. The van der Waals surface area contributed by atoms with E-state index in [2.05, 4.69) is 15.4 Å². The maximum atomic E-state index is 12.3. The minimum Gasteiger partial charge on any atom is -0.349 e. The van der Waals surface area contributed by atoms with Gasteiger partial charge in [-0.3, -0.25) is 9.59 Å². The molecule has 1 aliphatic rings. The Morgan fingerprint density at radius 3 is 2.38 bits per heavy atom. The summed E-state index contributed by atoms with van der Waals surface area (Å²) >= 11 is 0. The van der Waals surface area contributed by atoms with Crippen molar-refractivity contribution in [2.75, 3.05) is 12.4 Å². The van der Waals surface area contributed by atoms with Crippen LogP contribution in [0.5, 0.6) is 0 Å². The standard InChI is InChI=1S/C21H23N3O4S/c1-14-3-7-16(21(26)23-17-8-9-17)13-19(14)24-20(25)12-6-15-4-10-18(11-5-15)29(27,28)22-2/h3-7,10-13,17,22H,8-9H2,1-2H3,(H,23,26)(H,24,25). The van der Waals surface area contributed by atoms with Gasteiger partial charge in [-0.2, -0.15) is 0 Å². The first-order chi connectivity index (χ1) is 13.8. The van der Waals surface area contributed by atoms with Crippen molar-refractivity contribution >= 4 is 33.6 Å². The molecule has 0 spiro atoms. The number of anilines is 1. The number of carbonyl (C=O) groups is 2. The lowest BCUT2D eigenvalue weighted by Gasteiger charge is -2.10. The highest BCUT2D eigenvalue weighted by molar-refractivity contribution is 7.89. The molecular weight excluding hydrogens is 390 g/mol. The van der Waals surface area contributed by atoms with E-state index in [-0.39, 0.29) is 22.8 Å². The first kappa shape index (κ1) is 20.8. The SMILES string of the molecule is CNS(=O)(=O)c1ccc(C=CC(=O)Nc2cc(C(=O)NC3CC3)ccc2C)cc1. The second-order valence-electron chi connectivity index (χ2n) is 6.88. The molecular formula is C21H23N3O4S. The van der Waals surface area contributed by atoms with Crippen LogP contribution in [0.4, 0.5) is 5.69 Å². The molecule has 2 aromatic rings. The van der Waals surface area contributed by atoms with Gasteiger partial charge in [0.1, 0.15) is 0 Å². The highest BCUT2D eigenvalue weighted by atomic mass is 32.2. The molecule has 0 saturated heterocycles. The Kier molecular flexibility index (Phi) is 6.14. The summed E-state index contributed by atoms with van der Waals surface area (Å²) in [5, 5.41) is 5.70. The van der Waals surface area contributed by atoms with Crippen molar-refractivity contribution in [1.82, 2.24) is 10.0 Å². The normalized spacial score (nSPS) is 14.0. The predicted molar refractivity (Wildman–Crippen MR) is 112 cm³/mol. The van der Waals surface area contributed by atoms with Crippen LogP contribution in [-0.2, 0) is 14.8 Å². The number of sulfonamides is 1. The number of rotatable bonds is 7. The Bertz CT molecular complexity index is 1060. The molecule has 0 radical (unpaired) electrons. The van der Waals surface area contributed by atoms with Crippen molar-refractivity contribution in [3.05, 3.63) is 65.2 Å². The van der Waals surface area contributed by atoms with Gasteiger partial charge < -0.3 is 10.6 Å². The molecule has 29 heavy (non-hydrogen) atoms. The van der Waals surface area contributed by atoms with Crippen LogP contribution in [0, 0.1) is 6.92 Å². The van der Waals surface area contributed by atoms with E-state index >= 15 is 0 Å². The zero-order valence-corrected chi connectivity index (χ0v) is 17.0. The number of hydrogen-bond donors (Lipinski definition) is 3. The van der Waals surface area contributed by atoms with E-state index < -0.39 is 10.0 Å². The summed E-state index contributed by atoms with van der Waals surface area (Å²) in [6.07, 6.45) is 4.96. The van der Waals surface area contributed by atoms with Crippen molar-refractivity contribution in [3.8, 4) is 0 Å². The molecule has 2 aromatic carbocycles. The van der Waals surface area contributed by atoms with Gasteiger partial charge in [0.05, 0.1) is 4.90 Å². The molecule has 1 fully saturated rings. The van der Waals surface area contributed by atoms with Gasteiger partial charge in [-0.15, -0.1) is 0 Å². The lowest BCUT2D eigenvalue weighted by atomic mass is 10.1. The molecule has 0 atom stereocenters. The van der Waals surface area contributed by atoms with Crippen molar-refractivity contribution in [2.24, 2.45) is 0 Å². The molecule has 0 heterocycles. The lowest BCUT2D eigenvalue weighted by molar-refractivity contribution is -0.111. The molecule has 0 aromatic heterocycles. The van der Waals surface area contributed by atoms with Crippen LogP contribution in [0.25, 0.3) is 6.08 Å². The smallest absolute Gasteiger partial charge is 0.251 e. The second-order valence-corrected chi connectivity index (χ2v) is 8.76. The summed E-state index contributed by atoms with van der Waals surface area (Å²) in [6, 6.07) is 11.6. The molecule has 0 aliphatic heterocycles. The van der Waals surface area contributed by atoms with Crippen LogP contribution in [0.2, 0.25) is 0 Å². The Hall–Kier alpha value is -2.97. The minimum atomic E-state index is -3.49. The summed E-state index contributed by atoms with van der Waals surface area (Å²) in [4.78, 5) is 24.6. The molecule has 8 heteroatoms. The summed E-state index contributed by atoms with van der Waals surface area (Å²) in [7, 11) is -2.15. The number of aryl methyl sites for hydroxylation is 1. The molecule has 3 N–H and O–H groups in total. The second kappa shape index (κ2) is 8.59. The number of benzene rings is 2. The van der Waals surface area contributed by atoms with Crippen molar-refractivity contribution in [3.63, 3.8) is 0 Å². The molecule has 2 amide bonds. The lowest BCUT2D eigenvalue weighted by Crippen LogP contribution is -2.25. The van der Waals surface area contributed by atoms with Gasteiger partial charge in [-0.1, -0.05) is 18.2 Å². The van der Waals surface area contributed by atoms with Crippen LogP contribution in [-0.4, -0.2) is 33.3 Å². The Balaban J connectivity index is 1.66. The van der Waals surface area contributed by atoms with Crippen LogP contribution < -0.4 is 15.4 Å². The van der Waals surface area contributed by atoms with E-state index in [0.29, 0.717) is 16.8 Å². The van der Waals surface area contributed by atoms with E-state index in [4.69, 9.17) is 0 Å². The maximum Gasteiger partial charge on any atom is 0.251 e. The topological polar surface area (TPSA) is 104 Å². The van der Waals surface area contributed by atoms with E-state index in [1.807, 2.05) is 6.92 Å². The van der Waals surface area contributed by atoms with Gasteiger partial charge in [0, 0.05) is 23.4 Å². The van der Waals surface area contributed by atoms with E-state index in [1.165, 1.54) is 25.3 Å². The largest absolute Gasteiger partial charge is 0.349 e. The van der Waals surface area contributed by atoms with Gasteiger partial charge in [-0.25, -0.2) is 13.1 Å². The monoisotopic (exact) mass is 413 g/mol. The fourth-order valence-corrected chi connectivity index (χ4v) is 3.35. The average molecular weight is 413 g/mol. The highest BCUT2D eigenvalue weighted by Gasteiger charge is 2.24. The van der Waals surface area contributed by atoms with Crippen LogP contribution >= 0.6 is 0 Å². The van der Waals surface area contributed by atoms with Crippen molar-refractivity contribution in [1.29, 1.82) is 0 Å². The van der Waals surface area contributed by atoms with E-state index in [1.54, 1.807) is 36.4 Å². The van der Waals surface area contributed by atoms with Crippen molar-refractivity contribution in [2.45, 2.75) is 30.7 Å². The summed E-state index contributed by atoms with van der Waals surface area (Å²) in [5.74, 6) is -0.491. The zero-order valence-electron chi connectivity index (χ0n) is 16.2. The van der Waals surface area contributed by atoms with Gasteiger partial charge in [0.15, 0.2) is 0 Å². The molecule has 1 saturated carbocycles. The average Bonchev–Trinajstić information content (AvgIpc) is 3.52. The van der Waals surface area contributed by atoms with E-state index in [0.717, 1.165) is 18.4 Å². The van der Waals surface area contributed by atoms with Gasteiger partial charge in [0.25, 0.3) is 5.91 Å². The molecule has 7 nitrogen and oxygen atoms in total. The van der Waals surface area contributed by atoms with Gasteiger partial charge in [-0.05, 0) is 68.3 Å². The van der Waals surface area contributed by atoms with Crippen molar-refractivity contribution < 1.29 is 18.0 Å². The van der Waals surface area contributed by atoms with E-state index in [9.17, 15) is 18.0 Å². The zero-order chi connectivity index (χ0) is 21.0. The first-order valence-electron chi connectivity index (χ1n) is 9.23. The number of amides is 2. The summed E-state index contributed by atoms with van der Waals surface area (Å²) < 4.78 is 25.7. The molecule has 0 bridgehead atoms. The number of hydrogen-bond acceptors (Lipinski definition) is 4. The van der Waals surface area contributed by atoms with Gasteiger partial charge >= 0.3 is 0 Å².